The molecule has 7 aliphatic rings. The highest BCUT2D eigenvalue weighted by Crippen LogP contribution is 2.44. The number of alkyl halides is 3. The first kappa shape index (κ1) is 72.2. The van der Waals surface area contributed by atoms with Crippen LogP contribution in [0.2, 0.25) is 5.02 Å². The predicted octanol–water partition coefficient (Wildman–Crippen LogP) is 13.6. The number of allylic oxidation sites excluding steroid dienone is 4. The molecule has 17 heteroatoms. The molecule has 508 valence electrons. The maximum Gasteiger partial charge on any atom is 0.417 e. The van der Waals surface area contributed by atoms with Crippen LogP contribution in [0.1, 0.15) is 214 Å². The molecule has 0 aromatic heterocycles. The van der Waals surface area contributed by atoms with Crippen molar-refractivity contribution < 1.29 is 18.0 Å². The molecular formula is C73H122ClF3N12O. The Morgan fingerprint density at radius 2 is 1.58 bits per heavy atom. The minimum Gasteiger partial charge on any atom is -0.369 e. The number of aryl methyl sites for hydroxylation is 1. The highest BCUT2D eigenvalue weighted by atomic mass is 35.5. The minimum absolute atomic E-state index is 0.0149. The van der Waals surface area contributed by atoms with Crippen LogP contribution in [0.15, 0.2) is 71.2 Å². The molecule has 6 N–H and O–H groups in total. The summed E-state index contributed by atoms with van der Waals surface area (Å²) in [5.41, 5.74) is 3.48. The molecule has 90 heavy (non-hydrogen) atoms. The highest BCUT2D eigenvalue weighted by Gasteiger charge is 2.56. The first-order chi connectivity index (χ1) is 43.3. The lowest BCUT2D eigenvalue weighted by Gasteiger charge is -2.60. The molecule has 3 saturated heterocycles. The molecule has 3 saturated carbocycles. The maximum absolute atomic E-state index is 14.6. The Morgan fingerprint density at radius 3 is 2.27 bits per heavy atom. The number of nitrogens with one attached hydrogen (secondary N) is 6. The van der Waals surface area contributed by atoms with Gasteiger partial charge in [0.25, 0.3) is 0 Å². The number of amides is 1. The van der Waals surface area contributed by atoms with E-state index < -0.39 is 11.7 Å². The van der Waals surface area contributed by atoms with Gasteiger partial charge in [0.15, 0.2) is 0 Å². The molecule has 1 spiro atoms. The van der Waals surface area contributed by atoms with E-state index in [0.717, 1.165) is 115 Å². The van der Waals surface area contributed by atoms with Gasteiger partial charge in [-0.2, -0.15) is 13.2 Å². The monoisotopic (exact) mass is 1270 g/mol. The second-order valence-electron chi connectivity index (χ2n) is 29.0. The number of aliphatic imine (C=N–C) groups is 1. The topological polar surface area (TPSA) is 118 Å². The maximum atomic E-state index is 14.6. The number of halogens is 4. The standard InChI is InChI=1S/C73H122ClF3N12O/c1-11-13-15-29-66-54(5)81-48-68-69(71(90)87-41-23-42-87)57(8)89(68)70(60-26-18-19-27-60)55(6)84-72(35-20-21-36-72)51-79-39-38-78-37-34-61(32-30-59-31-33-64(65(74)46-59)73(75,76)77)80-40-44-85(9)49-63(45-58-24-16-14-17-25-58)86(10)50-62-28-22-43-88(62)56(7)53(4)83-67(47-82-66)52(3)12-2/h31,33-34,37,40,44,46,49-50,52-58,60,66-70,79-84H,11-30,32,35-36,38-39,41-43,45,47-48,51H2,1-10H3/t52-,53?,54?,55?,56-,57?,66-,67+,68?,69-,70+/m0/s1. The van der Waals surface area contributed by atoms with Gasteiger partial charge in [0.05, 0.1) is 23.0 Å². The van der Waals surface area contributed by atoms with Crippen molar-refractivity contribution in [3.05, 3.63) is 82.3 Å². The Kier molecular flexibility index (Phi) is 28.2. The molecule has 3 aliphatic carbocycles. The van der Waals surface area contributed by atoms with Crippen LogP contribution in [-0.2, 0) is 17.4 Å². The average molecular weight is 1280 g/mol. The number of nitrogens with zero attached hydrogens (tertiary/aromatic N) is 6. The fraction of sp³-hybridized carbons (Fsp3) is 0.781. The summed E-state index contributed by atoms with van der Waals surface area (Å²) in [6.45, 7) is 25.9. The summed E-state index contributed by atoms with van der Waals surface area (Å²) < 4.78 is 41.1. The van der Waals surface area contributed by atoms with E-state index in [9.17, 15) is 18.0 Å². The molecule has 4 aliphatic heterocycles. The molecular weight excluding hydrogens is 1150 g/mol. The molecule has 0 bridgehead atoms. The van der Waals surface area contributed by atoms with Gasteiger partial charge in [-0.05, 0) is 147 Å². The van der Waals surface area contributed by atoms with Crippen molar-refractivity contribution in [2.75, 3.05) is 66.5 Å². The first-order valence-corrected chi connectivity index (χ1v) is 36.6. The molecule has 13 nitrogen and oxygen atoms in total. The molecule has 5 unspecified atom stereocenters. The smallest absolute Gasteiger partial charge is 0.369 e. The van der Waals surface area contributed by atoms with E-state index in [0.29, 0.717) is 67.2 Å². The fourth-order valence-corrected chi connectivity index (χ4v) is 16.8. The first-order valence-electron chi connectivity index (χ1n) is 36.2. The quantitative estimate of drug-likeness (QED) is 0.106. The van der Waals surface area contributed by atoms with Crippen LogP contribution >= 0.6 is 11.6 Å². The minimum atomic E-state index is -4.51. The van der Waals surface area contributed by atoms with Crippen LogP contribution in [0.4, 0.5) is 13.2 Å². The Labute approximate surface area is 548 Å². The lowest BCUT2D eigenvalue weighted by atomic mass is 9.73. The van der Waals surface area contributed by atoms with Crippen molar-refractivity contribution in [3.63, 3.8) is 0 Å². The normalized spacial score (nSPS) is 30.6. The molecule has 0 radical (unpaired) electrons. The number of carbonyl (C=O) groups excluding carboxylic acids is 1. The van der Waals surface area contributed by atoms with Gasteiger partial charge in [-0.3, -0.25) is 14.7 Å². The molecule has 4 heterocycles. The van der Waals surface area contributed by atoms with E-state index in [1.807, 2.05) is 18.5 Å². The summed E-state index contributed by atoms with van der Waals surface area (Å²) in [6.07, 6.45) is 35.4. The summed E-state index contributed by atoms with van der Waals surface area (Å²) in [4.78, 5) is 31.7. The zero-order valence-corrected chi connectivity index (χ0v) is 58.2. The van der Waals surface area contributed by atoms with Crippen molar-refractivity contribution in [3.8, 4) is 0 Å². The van der Waals surface area contributed by atoms with Gasteiger partial charge in [0.1, 0.15) is 0 Å². The number of fused-ring (bicyclic) bond motifs is 2. The van der Waals surface area contributed by atoms with Crippen LogP contribution < -0.4 is 31.9 Å². The summed E-state index contributed by atoms with van der Waals surface area (Å²) >= 11 is 6.21. The zero-order valence-electron chi connectivity index (χ0n) is 57.4. The van der Waals surface area contributed by atoms with E-state index in [1.165, 1.54) is 113 Å². The van der Waals surface area contributed by atoms with Gasteiger partial charge in [0, 0.05) is 168 Å². The largest absolute Gasteiger partial charge is 0.417 e. The number of benzene rings is 1. The number of rotatable bonds is 13. The Hall–Kier alpha value is -3.64. The fourth-order valence-electron chi connectivity index (χ4n) is 16.5. The van der Waals surface area contributed by atoms with Crippen LogP contribution in [0.5, 0.6) is 0 Å². The average Bonchev–Trinajstić information content (AvgIpc) is 0.887. The van der Waals surface area contributed by atoms with Gasteiger partial charge in [0.2, 0.25) is 5.91 Å². The number of unbranched alkanes of at least 4 members (excludes halogenated alkanes) is 2. The van der Waals surface area contributed by atoms with Crippen LogP contribution in [0.25, 0.3) is 0 Å². The van der Waals surface area contributed by atoms with Crippen molar-refractivity contribution in [2.24, 2.45) is 28.7 Å². The number of likely N-dealkylation sites (tertiary alicyclic amines) is 1. The van der Waals surface area contributed by atoms with Gasteiger partial charge in [-0.25, -0.2) is 0 Å². The third-order valence-corrected chi connectivity index (χ3v) is 22.8. The van der Waals surface area contributed by atoms with E-state index in [1.54, 1.807) is 0 Å². The third-order valence-electron chi connectivity index (χ3n) is 22.5. The molecule has 11 atom stereocenters. The number of hydrogen-bond acceptors (Lipinski definition) is 12. The Morgan fingerprint density at radius 1 is 0.833 bits per heavy atom. The van der Waals surface area contributed by atoms with Gasteiger partial charge < -0.3 is 51.5 Å². The third kappa shape index (κ3) is 20.0. The Balaban J connectivity index is 1.09. The van der Waals surface area contributed by atoms with E-state index in [4.69, 9.17) is 16.6 Å². The van der Waals surface area contributed by atoms with Crippen LogP contribution in [0, 0.1) is 23.7 Å². The van der Waals surface area contributed by atoms with E-state index in [2.05, 4.69) is 144 Å². The van der Waals surface area contributed by atoms with Crippen molar-refractivity contribution in [2.45, 2.75) is 276 Å². The Bertz CT molecular complexity index is 2500. The van der Waals surface area contributed by atoms with Crippen molar-refractivity contribution in [1.29, 1.82) is 0 Å². The summed E-state index contributed by atoms with van der Waals surface area (Å²) in [6, 6.07) is 6.32. The molecule has 6 fully saturated rings. The highest BCUT2D eigenvalue weighted by molar-refractivity contribution is 6.31. The van der Waals surface area contributed by atoms with Crippen molar-refractivity contribution >= 4 is 23.7 Å². The number of carbonyl (C=O) groups is 1. The summed E-state index contributed by atoms with van der Waals surface area (Å²) in [5.74, 6) is 2.06. The molecule has 1 amide bonds. The predicted molar refractivity (Wildman–Crippen MR) is 368 cm³/mol. The van der Waals surface area contributed by atoms with Gasteiger partial charge in [-0.15, -0.1) is 0 Å². The van der Waals surface area contributed by atoms with Gasteiger partial charge in [-0.1, -0.05) is 122 Å². The lowest BCUT2D eigenvalue weighted by molar-refractivity contribution is -0.165. The zero-order chi connectivity index (χ0) is 64.4. The van der Waals surface area contributed by atoms with Crippen LogP contribution in [-0.4, -0.2) is 163 Å². The summed E-state index contributed by atoms with van der Waals surface area (Å²) in [5, 5.41) is 24.2. The molecule has 1 aromatic rings. The van der Waals surface area contributed by atoms with Crippen LogP contribution in [0.3, 0.4) is 0 Å². The van der Waals surface area contributed by atoms with Crippen molar-refractivity contribution in [1.82, 2.24) is 56.4 Å². The van der Waals surface area contributed by atoms with E-state index in [-0.39, 0.29) is 46.7 Å². The van der Waals surface area contributed by atoms with Gasteiger partial charge >= 0.3 is 6.18 Å². The SMILES string of the molecule is CCCCC[C@@H]1NC[C@H]([C@@H](C)CC)NC(C)[C@H](C)N2CCCC2=CN(C)C(CC2CCCCC2)=CN(C)C=CNC(CCc2ccc(C(F)(F)F)c(Cl)c2)=CC=NCCNCC2(CCCC2)NC(C)[C@H](C2CCCC2)N2C(C)[C@H](C(=O)N3CCC3)C2CNC1C. The van der Waals surface area contributed by atoms with E-state index >= 15 is 0 Å². The number of hydrogen-bond donors (Lipinski definition) is 6. The summed E-state index contributed by atoms with van der Waals surface area (Å²) in [7, 11) is 4.33. The second-order valence-corrected chi connectivity index (χ2v) is 29.4. The lowest BCUT2D eigenvalue weighted by Crippen LogP contribution is -2.76. The second kappa shape index (κ2) is 35.2. The molecule has 8 rings (SSSR count). The molecule has 1 aromatic carbocycles.